The van der Waals surface area contributed by atoms with Crippen molar-refractivity contribution in [2.75, 3.05) is 16.4 Å². The third kappa shape index (κ3) is 2.56. The summed E-state index contributed by atoms with van der Waals surface area (Å²) in [5.41, 5.74) is 11.4. The van der Waals surface area contributed by atoms with Crippen molar-refractivity contribution in [2.24, 2.45) is 7.05 Å². The molecule has 0 saturated carbocycles. The van der Waals surface area contributed by atoms with Crippen LogP contribution in [0.15, 0.2) is 18.3 Å². The summed E-state index contributed by atoms with van der Waals surface area (Å²) in [7, 11) is 1.89. The number of hydrogen-bond acceptors (Lipinski definition) is 4. The molecule has 3 rings (SSSR count). The molecule has 0 fully saturated rings. The molecule has 1 amide bonds. The summed E-state index contributed by atoms with van der Waals surface area (Å²) in [5.74, 6) is 0.0499. The number of benzene rings is 1. The summed E-state index contributed by atoms with van der Waals surface area (Å²) >= 11 is 0. The first-order valence-corrected chi connectivity index (χ1v) is 7.08. The van der Waals surface area contributed by atoms with Crippen LogP contribution in [0.3, 0.4) is 0 Å². The van der Waals surface area contributed by atoms with Gasteiger partial charge in [-0.3, -0.25) is 9.48 Å². The molecule has 0 atom stereocenters. The van der Waals surface area contributed by atoms with Crippen molar-refractivity contribution in [1.29, 1.82) is 0 Å². The fourth-order valence-corrected chi connectivity index (χ4v) is 2.60. The van der Waals surface area contributed by atoms with Gasteiger partial charge in [0.2, 0.25) is 5.91 Å². The lowest BCUT2D eigenvalue weighted by molar-refractivity contribution is -0.116. The Bertz CT molecular complexity index is 704. The Hall–Kier alpha value is -2.50. The van der Waals surface area contributed by atoms with Gasteiger partial charge >= 0.3 is 0 Å². The van der Waals surface area contributed by atoms with E-state index in [2.05, 4.69) is 22.7 Å². The van der Waals surface area contributed by atoms with E-state index in [4.69, 9.17) is 5.73 Å². The maximum atomic E-state index is 11.5. The fourth-order valence-electron chi connectivity index (χ4n) is 2.60. The third-order valence-electron chi connectivity index (χ3n) is 3.68. The number of carbonyl (C=O) groups is 1. The van der Waals surface area contributed by atoms with Gasteiger partial charge in [-0.15, -0.1) is 0 Å². The molecule has 0 spiro atoms. The van der Waals surface area contributed by atoms with E-state index in [-0.39, 0.29) is 5.91 Å². The Balaban J connectivity index is 1.95. The molecule has 2 heterocycles. The highest BCUT2D eigenvalue weighted by atomic mass is 16.1. The van der Waals surface area contributed by atoms with Crippen LogP contribution in [0.4, 0.5) is 22.7 Å². The Morgan fingerprint density at radius 2 is 2.19 bits per heavy atom. The largest absolute Gasteiger partial charge is 0.397 e. The van der Waals surface area contributed by atoms with E-state index >= 15 is 0 Å². The molecule has 0 aliphatic carbocycles. The predicted molar refractivity (Wildman–Crippen MR) is 83.7 cm³/mol. The van der Waals surface area contributed by atoms with Crippen LogP contribution in [0, 0.1) is 0 Å². The van der Waals surface area contributed by atoms with Crippen LogP contribution >= 0.6 is 0 Å². The quantitative estimate of drug-likeness (QED) is 0.755. The molecule has 0 unspecified atom stereocenters. The molecule has 1 aliphatic heterocycles. The van der Waals surface area contributed by atoms with Gasteiger partial charge in [-0.1, -0.05) is 6.92 Å². The Labute approximate surface area is 123 Å². The Morgan fingerprint density at radius 3 is 2.95 bits per heavy atom. The molecule has 6 nitrogen and oxygen atoms in total. The molecular weight excluding hydrogens is 266 g/mol. The van der Waals surface area contributed by atoms with Crippen LogP contribution in [-0.2, 0) is 24.7 Å². The van der Waals surface area contributed by atoms with E-state index in [1.54, 1.807) is 4.68 Å². The number of carbonyl (C=O) groups excluding carboxylic acids is 1. The van der Waals surface area contributed by atoms with Gasteiger partial charge < -0.3 is 16.4 Å². The van der Waals surface area contributed by atoms with Gasteiger partial charge in [-0.2, -0.15) is 5.10 Å². The number of amides is 1. The number of nitrogen functional groups attached to an aromatic ring is 1. The van der Waals surface area contributed by atoms with E-state index in [0.717, 1.165) is 41.2 Å². The highest BCUT2D eigenvalue weighted by Gasteiger charge is 2.17. The second-order valence-electron chi connectivity index (χ2n) is 5.29. The Kier molecular flexibility index (Phi) is 3.29. The monoisotopic (exact) mass is 285 g/mol. The summed E-state index contributed by atoms with van der Waals surface area (Å²) < 4.78 is 1.78. The lowest BCUT2D eigenvalue weighted by atomic mass is 10.0. The topological polar surface area (TPSA) is 85.0 Å². The second kappa shape index (κ2) is 5.12. The zero-order chi connectivity index (χ0) is 15.0. The molecule has 2 aromatic rings. The summed E-state index contributed by atoms with van der Waals surface area (Å²) in [6.07, 6.45) is 4.02. The summed E-state index contributed by atoms with van der Waals surface area (Å²) in [6, 6.07) is 3.83. The molecule has 0 saturated heterocycles. The number of aromatic nitrogens is 2. The van der Waals surface area contributed by atoms with E-state index in [1.165, 1.54) is 0 Å². The second-order valence-corrected chi connectivity index (χ2v) is 5.29. The Morgan fingerprint density at radius 1 is 1.38 bits per heavy atom. The fraction of sp³-hybridized carbons (Fsp3) is 0.333. The van der Waals surface area contributed by atoms with Crippen molar-refractivity contribution in [3.8, 4) is 0 Å². The minimum Gasteiger partial charge on any atom is -0.397 e. The molecule has 110 valence electrons. The molecule has 1 aromatic carbocycles. The van der Waals surface area contributed by atoms with Crippen molar-refractivity contribution in [2.45, 2.75) is 26.2 Å². The summed E-state index contributed by atoms with van der Waals surface area (Å²) in [6.45, 7) is 2.06. The van der Waals surface area contributed by atoms with Crippen LogP contribution in [0.1, 0.15) is 24.6 Å². The third-order valence-corrected chi connectivity index (χ3v) is 3.68. The highest BCUT2D eigenvalue weighted by Crippen LogP contribution is 2.33. The van der Waals surface area contributed by atoms with Gasteiger partial charge in [0.1, 0.15) is 0 Å². The highest BCUT2D eigenvalue weighted by molar-refractivity contribution is 5.96. The predicted octanol–water partition coefficient (Wildman–Crippen LogP) is 2.19. The van der Waals surface area contributed by atoms with Crippen molar-refractivity contribution in [3.63, 3.8) is 0 Å². The zero-order valence-electron chi connectivity index (χ0n) is 12.2. The summed E-state index contributed by atoms with van der Waals surface area (Å²) in [4.78, 5) is 11.5. The van der Waals surface area contributed by atoms with Gasteiger partial charge in [-0.05, 0) is 30.5 Å². The number of nitrogens with zero attached hydrogens (tertiary/aromatic N) is 2. The minimum atomic E-state index is 0.0499. The normalized spacial score (nSPS) is 13.7. The average molecular weight is 285 g/mol. The number of nitrogens with one attached hydrogen (secondary N) is 2. The van der Waals surface area contributed by atoms with Gasteiger partial charge in [0.05, 0.1) is 22.8 Å². The lowest BCUT2D eigenvalue weighted by Gasteiger charge is -2.19. The van der Waals surface area contributed by atoms with Crippen molar-refractivity contribution >= 4 is 28.7 Å². The molecule has 21 heavy (non-hydrogen) atoms. The standard InChI is InChI=1S/C15H19N5O/c1-3-11-14(8-20(2)19-11)17-13-7-12-9(6-10(13)16)4-5-15(21)18-12/h6-8,17H,3-5,16H2,1-2H3,(H,18,21). The van der Waals surface area contributed by atoms with E-state index in [1.807, 2.05) is 25.4 Å². The molecular formula is C15H19N5O. The van der Waals surface area contributed by atoms with Crippen LogP contribution in [0.25, 0.3) is 0 Å². The van der Waals surface area contributed by atoms with Crippen LogP contribution in [0.5, 0.6) is 0 Å². The maximum absolute atomic E-state index is 11.5. The number of nitrogens with two attached hydrogens (primary N) is 1. The molecule has 1 aliphatic rings. The van der Waals surface area contributed by atoms with Crippen molar-refractivity contribution in [3.05, 3.63) is 29.6 Å². The van der Waals surface area contributed by atoms with E-state index in [9.17, 15) is 4.79 Å². The number of aryl methyl sites for hydroxylation is 3. The number of fused-ring (bicyclic) bond motifs is 1. The van der Waals surface area contributed by atoms with Gasteiger partial charge in [-0.25, -0.2) is 0 Å². The molecule has 0 radical (unpaired) electrons. The van der Waals surface area contributed by atoms with Crippen LogP contribution in [-0.4, -0.2) is 15.7 Å². The molecule has 0 bridgehead atoms. The first-order chi connectivity index (χ1) is 10.1. The van der Waals surface area contributed by atoms with Gasteiger partial charge in [0.15, 0.2) is 0 Å². The first-order valence-electron chi connectivity index (χ1n) is 7.08. The van der Waals surface area contributed by atoms with Crippen molar-refractivity contribution in [1.82, 2.24) is 9.78 Å². The zero-order valence-corrected chi connectivity index (χ0v) is 12.2. The van der Waals surface area contributed by atoms with Crippen molar-refractivity contribution < 1.29 is 4.79 Å². The van der Waals surface area contributed by atoms with E-state index < -0.39 is 0 Å². The average Bonchev–Trinajstić information content (AvgIpc) is 2.80. The smallest absolute Gasteiger partial charge is 0.224 e. The molecule has 6 heteroatoms. The maximum Gasteiger partial charge on any atom is 0.224 e. The van der Waals surface area contributed by atoms with E-state index in [0.29, 0.717) is 12.1 Å². The van der Waals surface area contributed by atoms with Crippen LogP contribution in [0.2, 0.25) is 0 Å². The number of rotatable bonds is 3. The molecule has 4 N–H and O–H groups in total. The minimum absolute atomic E-state index is 0.0499. The summed E-state index contributed by atoms with van der Waals surface area (Å²) in [5, 5.41) is 10.6. The lowest BCUT2D eigenvalue weighted by Crippen LogP contribution is -2.19. The SMILES string of the molecule is CCc1nn(C)cc1Nc1cc2c(cc1N)CCC(=O)N2. The first kappa shape index (κ1) is 13.5. The number of anilines is 4. The van der Waals surface area contributed by atoms with Crippen LogP contribution < -0.4 is 16.4 Å². The van der Waals surface area contributed by atoms with Gasteiger partial charge in [0, 0.05) is 25.4 Å². The van der Waals surface area contributed by atoms with Gasteiger partial charge in [0.25, 0.3) is 0 Å². The molecule has 1 aromatic heterocycles. The number of hydrogen-bond donors (Lipinski definition) is 3.